The second-order valence-corrected chi connectivity index (χ2v) is 4.17. The summed E-state index contributed by atoms with van der Waals surface area (Å²) in [5.74, 6) is 2.31. The largest absolute Gasteiger partial charge is 0.486 e. The Hall–Kier alpha value is -2.62. The van der Waals surface area contributed by atoms with Gasteiger partial charge in [-0.25, -0.2) is 0 Å². The molecule has 0 saturated heterocycles. The fourth-order valence-corrected chi connectivity index (χ4v) is 1.74. The zero-order valence-electron chi connectivity index (χ0n) is 10.8. The van der Waals surface area contributed by atoms with E-state index < -0.39 is 0 Å². The fraction of sp³-hybridized carbons (Fsp3) is 0.125. The van der Waals surface area contributed by atoms with Crippen LogP contribution >= 0.6 is 0 Å². The molecule has 0 bridgehead atoms. The smallest absolute Gasteiger partial charge is 0.273 e. The number of hydrogen-bond acceptors (Lipinski definition) is 4. The summed E-state index contributed by atoms with van der Waals surface area (Å²) in [6.07, 6.45) is 2.64. The summed E-state index contributed by atoms with van der Waals surface area (Å²) in [6, 6.07) is 17.0. The lowest BCUT2D eigenvalue weighted by molar-refractivity contribution is -0.0520. The van der Waals surface area contributed by atoms with Gasteiger partial charge >= 0.3 is 0 Å². The molecule has 2 aromatic carbocycles. The Morgan fingerprint density at radius 2 is 1.35 bits per heavy atom. The summed E-state index contributed by atoms with van der Waals surface area (Å²) < 4.78 is 21.5. The minimum Gasteiger partial charge on any atom is -0.486 e. The third-order valence-corrected chi connectivity index (χ3v) is 2.70. The molecule has 20 heavy (non-hydrogen) atoms. The van der Waals surface area contributed by atoms with Gasteiger partial charge in [0, 0.05) is 0 Å². The summed E-state index contributed by atoms with van der Waals surface area (Å²) in [5.41, 5.74) is 0. The maximum atomic E-state index is 5.70. The Kier molecular flexibility index (Phi) is 3.73. The van der Waals surface area contributed by atoms with Gasteiger partial charge in [0.2, 0.25) is 0 Å². The molecular formula is C16H14O4. The molecule has 2 aromatic rings. The van der Waals surface area contributed by atoms with Crippen LogP contribution in [0.15, 0.2) is 67.1 Å². The molecule has 0 aliphatic carbocycles. The van der Waals surface area contributed by atoms with E-state index in [-0.39, 0.29) is 6.29 Å². The molecule has 0 atom stereocenters. The van der Waals surface area contributed by atoms with Gasteiger partial charge in [0.1, 0.15) is 29.8 Å². The first-order chi connectivity index (χ1) is 9.90. The highest BCUT2D eigenvalue weighted by Gasteiger charge is 2.12. The first kappa shape index (κ1) is 12.4. The SMILES string of the molecule is C1=COC(COc2ccc(Oc3ccccc3)cc2)O1. The molecule has 0 spiro atoms. The lowest BCUT2D eigenvalue weighted by Crippen LogP contribution is -2.18. The van der Waals surface area contributed by atoms with Crippen molar-refractivity contribution < 1.29 is 18.9 Å². The average Bonchev–Trinajstić information content (AvgIpc) is 3.01. The second kappa shape index (κ2) is 6.02. The van der Waals surface area contributed by atoms with Crippen molar-refractivity contribution in [1.82, 2.24) is 0 Å². The fourth-order valence-electron chi connectivity index (χ4n) is 1.74. The van der Waals surface area contributed by atoms with Crippen molar-refractivity contribution >= 4 is 0 Å². The van der Waals surface area contributed by atoms with Gasteiger partial charge in [-0.05, 0) is 36.4 Å². The first-order valence-corrected chi connectivity index (χ1v) is 6.32. The van der Waals surface area contributed by atoms with Crippen molar-refractivity contribution in [3.05, 3.63) is 67.1 Å². The molecular weight excluding hydrogens is 256 g/mol. The molecule has 0 fully saturated rings. The van der Waals surface area contributed by atoms with E-state index in [4.69, 9.17) is 18.9 Å². The molecule has 4 heteroatoms. The van der Waals surface area contributed by atoms with E-state index in [1.165, 1.54) is 12.5 Å². The van der Waals surface area contributed by atoms with Gasteiger partial charge in [-0.2, -0.15) is 0 Å². The summed E-state index contributed by atoms with van der Waals surface area (Å²) in [7, 11) is 0. The van der Waals surface area contributed by atoms with E-state index in [2.05, 4.69) is 0 Å². The van der Waals surface area contributed by atoms with Crippen LogP contribution in [0.25, 0.3) is 0 Å². The van der Waals surface area contributed by atoms with Crippen LogP contribution in [0.1, 0.15) is 0 Å². The van der Waals surface area contributed by atoms with Gasteiger partial charge in [0.05, 0.1) is 0 Å². The Bertz CT molecular complexity index is 555. The molecule has 1 aliphatic rings. The molecule has 1 heterocycles. The van der Waals surface area contributed by atoms with Gasteiger partial charge < -0.3 is 18.9 Å². The third-order valence-electron chi connectivity index (χ3n) is 2.70. The monoisotopic (exact) mass is 270 g/mol. The number of hydrogen-bond donors (Lipinski definition) is 0. The van der Waals surface area contributed by atoms with Gasteiger partial charge in [-0.3, -0.25) is 0 Å². The molecule has 0 aromatic heterocycles. The van der Waals surface area contributed by atoms with Gasteiger partial charge in [-0.15, -0.1) is 0 Å². The zero-order valence-corrected chi connectivity index (χ0v) is 10.8. The normalized spacial score (nSPS) is 13.6. The number of rotatable bonds is 5. The van der Waals surface area contributed by atoms with Crippen LogP contribution in [0.5, 0.6) is 17.2 Å². The Morgan fingerprint density at radius 1 is 0.750 bits per heavy atom. The minimum atomic E-state index is -0.366. The van der Waals surface area contributed by atoms with Crippen molar-refractivity contribution in [3.8, 4) is 17.2 Å². The van der Waals surface area contributed by atoms with Crippen molar-refractivity contribution in [2.75, 3.05) is 6.61 Å². The molecule has 1 aliphatic heterocycles. The molecule has 0 unspecified atom stereocenters. The Balaban J connectivity index is 1.54. The first-order valence-electron chi connectivity index (χ1n) is 6.32. The van der Waals surface area contributed by atoms with Crippen molar-refractivity contribution in [3.63, 3.8) is 0 Å². The molecule has 0 N–H and O–H groups in total. The topological polar surface area (TPSA) is 36.9 Å². The van der Waals surface area contributed by atoms with Gasteiger partial charge in [0.15, 0.2) is 6.61 Å². The summed E-state index contributed by atoms with van der Waals surface area (Å²) in [4.78, 5) is 0. The number of ether oxygens (including phenoxy) is 4. The molecule has 102 valence electrons. The Morgan fingerprint density at radius 3 is 2.05 bits per heavy atom. The summed E-state index contributed by atoms with van der Waals surface area (Å²) in [5, 5.41) is 0. The lowest BCUT2D eigenvalue weighted by atomic mass is 10.3. The third kappa shape index (κ3) is 3.23. The average molecular weight is 270 g/mol. The summed E-state index contributed by atoms with van der Waals surface area (Å²) >= 11 is 0. The molecule has 3 rings (SSSR count). The molecule has 0 radical (unpaired) electrons. The van der Waals surface area contributed by atoms with Crippen LogP contribution in [-0.2, 0) is 9.47 Å². The van der Waals surface area contributed by atoms with Crippen molar-refractivity contribution in [2.24, 2.45) is 0 Å². The second-order valence-electron chi connectivity index (χ2n) is 4.17. The molecule has 4 nitrogen and oxygen atoms in total. The quantitative estimate of drug-likeness (QED) is 0.830. The number of para-hydroxylation sites is 1. The van der Waals surface area contributed by atoms with E-state index in [0.29, 0.717) is 6.61 Å². The highest BCUT2D eigenvalue weighted by molar-refractivity contribution is 5.35. The van der Waals surface area contributed by atoms with Crippen molar-refractivity contribution in [2.45, 2.75) is 6.29 Å². The van der Waals surface area contributed by atoms with Crippen LogP contribution in [-0.4, -0.2) is 12.9 Å². The van der Waals surface area contributed by atoms with E-state index in [1.54, 1.807) is 0 Å². The predicted molar refractivity (Wildman–Crippen MR) is 73.6 cm³/mol. The van der Waals surface area contributed by atoms with Crippen LogP contribution < -0.4 is 9.47 Å². The molecule has 0 saturated carbocycles. The summed E-state index contributed by atoms with van der Waals surface area (Å²) in [6.45, 7) is 0.339. The highest BCUT2D eigenvalue weighted by atomic mass is 16.7. The number of benzene rings is 2. The van der Waals surface area contributed by atoms with Crippen LogP contribution in [0.3, 0.4) is 0 Å². The molecule has 0 amide bonds. The van der Waals surface area contributed by atoms with Crippen LogP contribution in [0, 0.1) is 0 Å². The van der Waals surface area contributed by atoms with Crippen LogP contribution in [0.2, 0.25) is 0 Å². The Labute approximate surface area is 117 Å². The predicted octanol–water partition coefficient (Wildman–Crippen LogP) is 3.70. The van der Waals surface area contributed by atoms with Gasteiger partial charge in [-0.1, -0.05) is 18.2 Å². The maximum absolute atomic E-state index is 5.70. The van der Waals surface area contributed by atoms with E-state index in [9.17, 15) is 0 Å². The van der Waals surface area contributed by atoms with E-state index in [0.717, 1.165) is 17.2 Å². The standard InChI is InChI=1S/C16H14O4/c1-2-4-14(5-3-1)20-15-8-6-13(7-9-15)19-12-16-17-10-11-18-16/h1-11,16H,12H2. The minimum absolute atomic E-state index is 0.339. The van der Waals surface area contributed by atoms with Crippen molar-refractivity contribution in [1.29, 1.82) is 0 Å². The van der Waals surface area contributed by atoms with Gasteiger partial charge in [0.25, 0.3) is 6.29 Å². The lowest BCUT2D eigenvalue weighted by Gasteiger charge is -2.12. The van der Waals surface area contributed by atoms with E-state index in [1.807, 2.05) is 54.6 Å². The highest BCUT2D eigenvalue weighted by Crippen LogP contribution is 2.23. The van der Waals surface area contributed by atoms with Crippen LogP contribution in [0.4, 0.5) is 0 Å². The zero-order chi connectivity index (χ0) is 13.6. The maximum Gasteiger partial charge on any atom is 0.273 e. The van der Waals surface area contributed by atoms with E-state index >= 15 is 0 Å².